The number of esters is 1. The summed E-state index contributed by atoms with van der Waals surface area (Å²) in [5, 5.41) is 15.4. The molecule has 0 atom stereocenters. The van der Waals surface area contributed by atoms with Crippen molar-refractivity contribution in [2.45, 2.75) is 6.92 Å². The molecule has 0 aliphatic carbocycles. The number of nitro benzene ring substituents is 1. The number of hydrogen-bond acceptors (Lipinski definition) is 8. The maximum atomic E-state index is 12.5. The van der Waals surface area contributed by atoms with Gasteiger partial charge in [0.2, 0.25) is 5.75 Å². The molecule has 0 radical (unpaired) electrons. The fraction of sp³-hybridized carbons (Fsp3) is 0.158. The van der Waals surface area contributed by atoms with E-state index in [1.165, 1.54) is 24.3 Å². The number of hydrogen-bond donors (Lipinski definition) is 1. The number of ether oxygens (including phenoxy) is 2. The van der Waals surface area contributed by atoms with Crippen LogP contribution in [0.1, 0.15) is 12.5 Å². The smallest absolute Gasteiger partial charge is 0.349 e. The molecule has 30 heavy (non-hydrogen) atoms. The van der Waals surface area contributed by atoms with E-state index in [0.29, 0.717) is 10.2 Å². The van der Waals surface area contributed by atoms with Gasteiger partial charge in [-0.1, -0.05) is 18.2 Å². The molecule has 3 rings (SSSR count). The minimum Gasteiger partial charge on any atom is -0.474 e. The lowest BCUT2D eigenvalue weighted by molar-refractivity contribution is -0.385. The first-order valence-electron chi connectivity index (χ1n) is 8.76. The van der Waals surface area contributed by atoms with Crippen LogP contribution in [-0.4, -0.2) is 40.0 Å². The van der Waals surface area contributed by atoms with Crippen molar-refractivity contribution in [3.05, 3.63) is 79.0 Å². The molecule has 11 nitrogen and oxygen atoms in total. The molecular weight excluding hydrogens is 396 g/mol. The molecule has 0 aliphatic rings. The molecule has 1 aromatic heterocycles. The minimum absolute atomic E-state index is 0.0907. The highest BCUT2D eigenvalue weighted by Gasteiger charge is 2.20. The molecular formula is C19H16N4O7. The number of benzene rings is 2. The minimum atomic E-state index is -0.783. The van der Waals surface area contributed by atoms with Crippen LogP contribution < -0.4 is 16.0 Å². The first-order chi connectivity index (χ1) is 14.4. The van der Waals surface area contributed by atoms with Crippen LogP contribution in [0.25, 0.3) is 10.9 Å². The Labute approximate surface area is 168 Å². The Morgan fingerprint density at radius 1 is 1.23 bits per heavy atom. The summed E-state index contributed by atoms with van der Waals surface area (Å²) in [4.78, 5) is 49.5. The second-order valence-electron chi connectivity index (χ2n) is 5.88. The van der Waals surface area contributed by atoms with Crippen LogP contribution in [0.3, 0.4) is 0 Å². The Hall–Kier alpha value is -4.28. The van der Waals surface area contributed by atoms with E-state index >= 15 is 0 Å². The largest absolute Gasteiger partial charge is 0.474 e. The summed E-state index contributed by atoms with van der Waals surface area (Å²) in [7, 11) is 0. The second kappa shape index (κ2) is 8.82. The fourth-order valence-electron chi connectivity index (χ4n) is 2.66. The Morgan fingerprint density at radius 3 is 2.73 bits per heavy atom. The molecule has 0 unspecified atom stereocenters. The lowest BCUT2D eigenvalue weighted by atomic mass is 10.2. The highest BCUT2D eigenvalue weighted by Crippen LogP contribution is 2.30. The fourth-order valence-corrected chi connectivity index (χ4v) is 2.66. The molecule has 3 aromatic rings. The van der Waals surface area contributed by atoms with Crippen LogP contribution in [0, 0.1) is 10.1 Å². The number of nitro groups is 1. The predicted molar refractivity (Wildman–Crippen MR) is 107 cm³/mol. The molecule has 0 spiro atoms. The van der Waals surface area contributed by atoms with Crippen molar-refractivity contribution in [1.82, 2.24) is 9.66 Å². The molecule has 0 amide bonds. The normalized spacial score (nSPS) is 11.0. The molecule has 0 aliphatic heterocycles. The summed E-state index contributed by atoms with van der Waals surface area (Å²) in [6, 6.07) is 10.4. The Balaban J connectivity index is 2.03. The van der Waals surface area contributed by atoms with Gasteiger partial charge in [-0.15, -0.1) is 4.68 Å². The molecule has 1 N–H and O–H groups in total. The molecule has 0 bridgehead atoms. The summed E-state index contributed by atoms with van der Waals surface area (Å²) >= 11 is 0. The van der Waals surface area contributed by atoms with Crippen molar-refractivity contribution in [3.63, 3.8) is 0 Å². The molecule has 2 aromatic carbocycles. The zero-order valence-electron chi connectivity index (χ0n) is 15.7. The lowest BCUT2D eigenvalue weighted by Gasteiger charge is -2.09. The standard InChI is InChI=1S/C19H16N4O7/c1-2-29-16(24)11-30-17-12(6-5-9-15(17)23(27)28)10-20-22-18(25)13-7-3-4-8-14(13)21-19(22)26/h3-10H,2,11H2,1H3,(H,21,26). The highest BCUT2D eigenvalue weighted by atomic mass is 16.6. The average molecular weight is 412 g/mol. The average Bonchev–Trinajstić information content (AvgIpc) is 2.72. The van der Waals surface area contributed by atoms with Crippen molar-refractivity contribution in [2.24, 2.45) is 5.10 Å². The van der Waals surface area contributed by atoms with Crippen LogP contribution in [0.4, 0.5) is 5.69 Å². The van der Waals surface area contributed by atoms with Gasteiger partial charge < -0.3 is 14.5 Å². The maximum Gasteiger partial charge on any atom is 0.349 e. The number of H-pyrrole nitrogens is 1. The van der Waals surface area contributed by atoms with Gasteiger partial charge in [0.1, 0.15) is 0 Å². The van der Waals surface area contributed by atoms with Crippen LogP contribution in [0.5, 0.6) is 5.75 Å². The molecule has 11 heteroatoms. The van der Waals surface area contributed by atoms with Crippen molar-refractivity contribution in [2.75, 3.05) is 13.2 Å². The van der Waals surface area contributed by atoms with E-state index in [-0.39, 0.29) is 23.3 Å². The van der Waals surface area contributed by atoms with E-state index < -0.39 is 34.4 Å². The molecule has 0 saturated heterocycles. The number of aromatic amines is 1. The van der Waals surface area contributed by atoms with Crippen molar-refractivity contribution in [3.8, 4) is 5.75 Å². The summed E-state index contributed by atoms with van der Waals surface area (Å²) in [5.74, 6) is -0.953. The Kier molecular flexibility index (Phi) is 6.01. The van der Waals surface area contributed by atoms with E-state index in [1.807, 2.05) is 0 Å². The van der Waals surface area contributed by atoms with Crippen LogP contribution in [0.15, 0.2) is 57.2 Å². The second-order valence-corrected chi connectivity index (χ2v) is 5.88. The topological polar surface area (TPSA) is 146 Å². The van der Waals surface area contributed by atoms with Crippen molar-refractivity contribution < 1.29 is 19.2 Å². The van der Waals surface area contributed by atoms with Gasteiger partial charge in [0.15, 0.2) is 6.61 Å². The van der Waals surface area contributed by atoms with E-state index in [4.69, 9.17) is 9.47 Å². The Morgan fingerprint density at radius 2 is 2.00 bits per heavy atom. The maximum absolute atomic E-state index is 12.5. The summed E-state index contributed by atoms with van der Waals surface area (Å²) in [6.45, 7) is 1.18. The number of para-hydroxylation sites is 2. The van der Waals surface area contributed by atoms with Gasteiger partial charge in [0, 0.05) is 11.6 Å². The van der Waals surface area contributed by atoms with Crippen LogP contribution in [-0.2, 0) is 9.53 Å². The number of nitrogens with one attached hydrogen (secondary N) is 1. The first kappa shape index (κ1) is 20.5. The SMILES string of the molecule is CCOC(=O)COc1c(C=Nn2c(=O)[nH]c3ccccc3c2=O)cccc1[N+](=O)[O-]. The third kappa shape index (κ3) is 4.24. The number of carbonyl (C=O) groups is 1. The number of aromatic nitrogens is 2. The van der Waals surface area contributed by atoms with Gasteiger partial charge in [-0.05, 0) is 25.1 Å². The van der Waals surface area contributed by atoms with Crippen molar-refractivity contribution in [1.29, 1.82) is 0 Å². The highest BCUT2D eigenvalue weighted by molar-refractivity contribution is 5.86. The van der Waals surface area contributed by atoms with Crippen LogP contribution >= 0.6 is 0 Å². The zero-order valence-corrected chi connectivity index (χ0v) is 15.7. The number of nitrogens with zero attached hydrogens (tertiary/aromatic N) is 3. The third-order valence-corrected chi connectivity index (χ3v) is 3.96. The van der Waals surface area contributed by atoms with Gasteiger partial charge in [0.05, 0.1) is 28.6 Å². The van der Waals surface area contributed by atoms with E-state index in [0.717, 1.165) is 6.21 Å². The van der Waals surface area contributed by atoms with Gasteiger partial charge in [0.25, 0.3) is 5.56 Å². The van der Waals surface area contributed by atoms with Gasteiger partial charge in [-0.3, -0.25) is 14.9 Å². The quantitative estimate of drug-likeness (QED) is 0.267. The predicted octanol–water partition coefficient (Wildman–Crippen LogP) is 1.42. The molecule has 0 fully saturated rings. The van der Waals surface area contributed by atoms with Gasteiger partial charge in [-0.2, -0.15) is 5.10 Å². The summed E-state index contributed by atoms with van der Waals surface area (Å²) in [5.41, 5.74) is -1.41. The van der Waals surface area contributed by atoms with Gasteiger partial charge in [-0.25, -0.2) is 9.59 Å². The van der Waals surface area contributed by atoms with Crippen LogP contribution in [0.2, 0.25) is 0 Å². The molecule has 1 heterocycles. The third-order valence-electron chi connectivity index (χ3n) is 3.96. The van der Waals surface area contributed by atoms with Gasteiger partial charge >= 0.3 is 17.3 Å². The zero-order chi connectivity index (χ0) is 21.7. The van der Waals surface area contributed by atoms with Crippen molar-refractivity contribution >= 4 is 28.8 Å². The Bertz CT molecular complexity index is 1260. The summed E-state index contributed by atoms with van der Waals surface area (Å²) < 4.78 is 10.6. The monoisotopic (exact) mass is 412 g/mol. The first-order valence-corrected chi connectivity index (χ1v) is 8.76. The number of rotatable bonds is 7. The molecule has 0 saturated carbocycles. The lowest BCUT2D eigenvalue weighted by Crippen LogP contribution is -2.32. The number of carbonyl (C=O) groups excluding carboxylic acids is 1. The van der Waals surface area contributed by atoms with E-state index in [1.54, 1.807) is 25.1 Å². The van der Waals surface area contributed by atoms with E-state index in [2.05, 4.69) is 10.1 Å². The van der Waals surface area contributed by atoms with E-state index in [9.17, 15) is 24.5 Å². The number of fused-ring (bicyclic) bond motifs is 1. The summed E-state index contributed by atoms with van der Waals surface area (Å²) in [6.07, 6.45) is 1.07. The molecule has 154 valence electrons.